The molecule has 2 aromatic rings. The van der Waals surface area contributed by atoms with Gasteiger partial charge < -0.3 is 9.84 Å². The maximum atomic E-state index is 11.8. The van der Waals surface area contributed by atoms with Crippen LogP contribution >= 0.6 is 11.6 Å². The summed E-state index contributed by atoms with van der Waals surface area (Å²) < 4.78 is 5.22. The van der Waals surface area contributed by atoms with Crippen molar-refractivity contribution in [2.24, 2.45) is 0 Å². The van der Waals surface area contributed by atoms with Gasteiger partial charge in [-0.2, -0.15) is 0 Å². The van der Waals surface area contributed by atoms with Gasteiger partial charge in [-0.3, -0.25) is 4.79 Å². The minimum Gasteiger partial charge on any atom is -0.359 e. The van der Waals surface area contributed by atoms with E-state index in [1.165, 1.54) is 0 Å². The third-order valence-electron chi connectivity index (χ3n) is 3.60. The van der Waals surface area contributed by atoms with Crippen LogP contribution in [0.2, 0.25) is 5.02 Å². The van der Waals surface area contributed by atoms with Crippen LogP contribution in [-0.2, 0) is 28.4 Å². The normalized spacial score (nSPS) is 16.3. The Balaban J connectivity index is 0.000000379. The van der Waals surface area contributed by atoms with Crippen LogP contribution in [0.15, 0.2) is 34.9 Å². The van der Waals surface area contributed by atoms with Gasteiger partial charge in [-0.05, 0) is 69.9 Å². The Kier molecular flexibility index (Phi) is 9.40. The molecule has 1 heterocycles. The van der Waals surface area contributed by atoms with Crippen LogP contribution in [0.25, 0.3) is 11.3 Å². The SMILES string of the molecule is O=C(NCc1cc(-c2ccc(Cl)cc2)no1)[C]1[CH][CH][CH][CH]1.[CH]1[CH][CH][CH][CH]1.[Fe+3]. The number of carbonyl (C=O) groups excluding carboxylic acids is 1. The Morgan fingerprint density at radius 3 is 2.15 bits per heavy atom. The van der Waals surface area contributed by atoms with Gasteiger partial charge in [-0.1, -0.05) is 28.9 Å². The second kappa shape index (κ2) is 11.5. The van der Waals surface area contributed by atoms with Crippen molar-refractivity contribution in [3.63, 3.8) is 0 Å². The first-order valence-electron chi connectivity index (χ1n) is 8.10. The molecule has 1 amide bonds. The van der Waals surface area contributed by atoms with Gasteiger partial charge in [0.05, 0.1) is 12.5 Å². The van der Waals surface area contributed by atoms with Crippen molar-refractivity contribution in [1.82, 2.24) is 10.5 Å². The molecule has 1 N–H and O–H groups in total. The quantitative estimate of drug-likeness (QED) is 0.760. The Morgan fingerprint density at radius 1 is 0.963 bits per heavy atom. The van der Waals surface area contributed by atoms with Gasteiger partial charge in [0.25, 0.3) is 0 Å². The van der Waals surface area contributed by atoms with Crippen molar-refractivity contribution in [1.29, 1.82) is 0 Å². The van der Waals surface area contributed by atoms with Crippen molar-refractivity contribution in [3.8, 4) is 11.3 Å². The number of amides is 1. The summed E-state index contributed by atoms with van der Waals surface area (Å²) in [6, 6.07) is 9.12. The number of halogens is 1. The average molecular weight is 421 g/mol. The number of nitrogens with zero attached hydrogens (tertiary/aromatic N) is 1. The van der Waals surface area contributed by atoms with Gasteiger partial charge in [0.2, 0.25) is 5.91 Å². The molecule has 2 saturated carbocycles. The first-order valence-corrected chi connectivity index (χ1v) is 8.48. The number of benzene rings is 1. The minimum atomic E-state index is -0.135. The molecule has 135 valence electrons. The molecule has 0 aliphatic heterocycles. The third kappa shape index (κ3) is 6.99. The number of nitrogens with one attached hydrogen (secondary N) is 1. The van der Waals surface area contributed by atoms with Crippen LogP contribution in [0.4, 0.5) is 0 Å². The van der Waals surface area contributed by atoms with Crippen molar-refractivity contribution in [2.75, 3.05) is 0 Å². The summed E-state index contributed by atoms with van der Waals surface area (Å²) in [5.74, 6) is 1.09. The van der Waals surface area contributed by atoms with Crippen molar-refractivity contribution in [3.05, 3.63) is 105 Å². The summed E-state index contributed by atoms with van der Waals surface area (Å²) in [6.45, 7) is 0.296. The Labute approximate surface area is 176 Å². The van der Waals surface area contributed by atoms with Gasteiger partial charge in [0, 0.05) is 16.7 Å². The molecule has 27 heavy (non-hydrogen) atoms. The van der Waals surface area contributed by atoms with Crippen LogP contribution in [0, 0.1) is 63.7 Å². The zero-order valence-electron chi connectivity index (χ0n) is 14.3. The maximum absolute atomic E-state index is 11.8. The van der Waals surface area contributed by atoms with Crippen LogP contribution < -0.4 is 5.32 Å². The van der Waals surface area contributed by atoms with Gasteiger partial charge in [0.15, 0.2) is 5.76 Å². The van der Waals surface area contributed by atoms with E-state index >= 15 is 0 Å². The van der Waals surface area contributed by atoms with Gasteiger partial charge in [0.1, 0.15) is 5.69 Å². The summed E-state index contributed by atoms with van der Waals surface area (Å²) in [4.78, 5) is 11.8. The minimum absolute atomic E-state index is 0. The molecule has 0 spiro atoms. The first kappa shape index (κ1) is 22.0. The van der Waals surface area contributed by atoms with E-state index in [9.17, 15) is 4.79 Å². The van der Waals surface area contributed by atoms with Crippen LogP contribution in [0.1, 0.15) is 5.76 Å². The van der Waals surface area contributed by atoms with E-state index in [1.54, 1.807) is 31.0 Å². The van der Waals surface area contributed by atoms with E-state index in [0.29, 0.717) is 28.9 Å². The summed E-state index contributed by atoms with van der Waals surface area (Å²) in [5.41, 5.74) is 1.63. The Hall–Kier alpha value is -1.29. The van der Waals surface area contributed by atoms with E-state index in [0.717, 1.165) is 5.56 Å². The standard InChI is InChI=1S/C16H12ClN2O2.C5H5.Fe/c17-13-7-5-11(6-8-13)15-9-14(21-19-15)10-18-16(20)12-3-1-2-4-12;1-2-4-5-3-1;/h1-9H,10H2,(H,18,20);1-5H;/q;;+3. The number of rotatable bonds is 4. The predicted molar refractivity (Wildman–Crippen MR) is 101 cm³/mol. The van der Waals surface area contributed by atoms with Crippen LogP contribution in [0.3, 0.4) is 0 Å². The van der Waals surface area contributed by atoms with Crippen molar-refractivity contribution in [2.45, 2.75) is 6.54 Å². The molecular weight excluding hydrogens is 404 g/mol. The Morgan fingerprint density at radius 2 is 1.56 bits per heavy atom. The monoisotopic (exact) mass is 420 g/mol. The molecule has 0 saturated heterocycles. The first-order chi connectivity index (χ1) is 12.7. The van der Waals surface area contributed by atoms with E-state index in [-0.39, 0.29) is 23.0 Å². The van der Waals surface area contributed by atoms with E-state index in [1.807, 2.05) is 57.1 Å². The zero-order chi connectivity index (χ0) is 18.2. The van der Waals surface area contributed by atoms with Crippen LogP contribution in [-0.4, -0.2) is 11.1 Å². The fraction of sp³-hybridized carbons (Fsp3) is 0.0476. The fourth-order valence-corrected chi connectivity index (χ4v) is 2.39. The summed E-state index contributed by atoms with van der Waals surface area (Å²) >= 11 is 5.85. The van der Waals surface area contributed by atoms with Gasteiger partial charge >= 0.3 is 17.1 Å². The van der Waals surface area contributed by atoms with Crippen LogP contribution in [0.5, 0.6) is 0 Å². The fourth-order valence-electron chi connectivity index (χ4n) is 2.27. The van der Waals surface area contributed by atoms with E-state index < -0.39 is 0 Å². The number of hydrogen-bond donors (Lipinski definition) is 1. The molecular formula is C21H17ClFeN2O2+3. The van der Waals surface area contributed by atoms with E-state index in [4.69, 9.17) is 16.1 Å². The zero-order valence-corrected chi connectivity index (χ0v) is 16.1. The smallest absolute Gasteiger partial charge is 0.359 e. The Bertz CT molecular complexity index is 685. The summed E-state index contributed by atoms with van der Waals surface area (Å²) in [6.07, 6.45) is 17.2. The second-order valence-corrected chi connectivity index (χ2v) is 5.94. The maximum Gasteiger partial charge on any atom is 3.00 e. The molecule has 2 aliphatic carbocycles. The molecule has 11 radical (unpaired) electrons. The second-order valence-electron chi connectivity index (χ2n) is 5.50. The summed E-state index contributed by atoms with van der Waals surface area (Å²) in [7, 11) is 0. The molecule has 0 unspecified atom stereocenters. The molecule has 4 rings (SSSR count). The van der Waals surface area contributed by atoms with Crippen molar-refractivity contribution >= 4 is 17.5 Å². The third-order valence-corrected chi connectivity index (χ3v) is 3.85. The molecule has 0 bridgehead atoms. The van der Waals surface area contributed by atoms with Crippen molar-refractivity contribution < 1.29 is 26.4 Å². The number of aromatic nitrogens is 1. The largest absolute Gasteiger partial charge is 3.00 e. The molecule has 4 nitrogen and oxygen atoms in total. The average Bonchev–Trinajstić information content (AvgIpc) is 3.45. The number of carbonyl (C=O) groups is 1. The topological polar surface area (TPSA) is 55.1 Å². The molecule has 2 fully saturated rings. The predicted octanol–water partition coefficient (Wildman–Crippen LogP) is 4.04. The molecule has 1 aromatic carbocycles. The molecule has 0 atom stereocenters. The van der Waals surface area contributed by atoms with Gasteiger partial charge in [-0.15, -0.1) is 0 Å². The molecule has 1 aromatic heterocycles. The summed E-state index contributed by atoms with van der Waals surface area (Å²) in [5, 5.41) is 7.44. The van der Waals surface area contributed by atoms with E-state index in [2.05, 4.69) is 10.5 Å². The molecule has 6 heteroatoms. The number of hydrogen-bond acceptors (Lipinski definition) is 3. The van der Waals surface area contributed by atoms with Gasteiger partial charge in [-0.25, -0.2) is 0 Å². The molecule has 2 aliphatic rings.